The maximum Gasteiger partial charge on any atom is 0.0415 e. The van der Waals surface area contributed by atoms with Gasteiger partial charge in [0.2, 0.25) is 0 Å². The number of benzene rings is 1. The molecule has 21 heavy (non-hydrogen) atoms. The smallest absolute Gasteiger partial charge is 0.0415 e. The Labute approximate surface area is 142 Å². The zero-order valence-electron chi connectivity index (χ0n) is 13.5. The Hall–Kier alpha value is -0.190. The molecule has 1 heterocycles. The third kappa shape index (κ3) is 4.64. The number of rotatable bonds is 5. The van der Waals surface area contributed by atoms with Gasteiger partial charge in [-0.3, -0.25) is 0 Å². The van der Waals surface area contributed by atoms with Gasteiger partial charge in [0.1, 0.15) is 0 Å². The van der Waals surface area contributed by atoms with E-state index in [2.05, 4.69) is 83.8 Å². The van der Waals surface area contributed by atoms with Crippen LogP contribution in [0.25, 0.3) is 0 Å². The fourth-order valence-electron chi connectivity index (χ4n) is 2.74. The topological polar surface area (TPSA) is 15.3 Å². The third-order valence-electron chi connectivity index (χ3n) is 4.10. The second kappa shape index (κ2) is 7.89. The van der Waals surface area contributed by atoms with Crippen LogP contribution >= 0.6 is 27.7 Å². The van der Waals surface area contributed by atoms with Gasteiger partial charge in [-0.25, -0.2) is 0 Å². The van der Waals surface area contributed by atoms with Crippen LogP contribution < -0.4 is 10.2 Å². The van der Waals surface area contributed by atoms with E-state index in [1.165, 1.54) is 21.5 Å². The van der Waals surface area contributed by atoms with E-state index in [1.807, 2.05) is 0 Å². The first-order chi connectivity index (χ1) is 9.99. The highest BCUT2D eigenvalue weighted by Crippen LogP contribution is 2.32. The molecule has 2 atom stereocenters. The Morgan fingerprint density at radius 3 is 2.86 bits per heavy atom. The molecule has 0 radical (unpaired) electrons. The molecule has 1 saturated heterocycles. The summed E-state index contributed by atoms with van der Waals surface area (Å²) < 4.78 is 1.17. The molecule has 1 aromatic rings. The van der Waals surface area contributed by atoms with Crippen molar-refractivity contribution < 1.29 is 0 Å². The molecule has 1 aliphatic rings. The van der Waals surface area contributed by atoms with E-state index in [-0.39, 0.29) is 0 Å². The summed E-state index contributed by atoms with van der Waals surface area (Å²) in [4.78, 5) is 2.58. The van der Waals surface area contributed by atoms with Gasteiger partial charge in [-0.2, -0.15) is 11.8 Å². The minimum Gasteiger partial charge on any atom is -0.367 e. The SMILES string of the molecule is CC(C)CNCc1cc(Br)ccc1N1CCSC(C)C1C. The van der Waals surface area contributed by atoms with Crippen molar-refractivity contribution in [3.05, 3.63) is 28.2 Å². The van der Waals surface area contributed by atoms with Crippen molar-refractivity contribution >= 4 is 33.4 Å². The monoisotopic (exact) mass is 370 g/mol. The van der Waals surface area contributed by atoms with Crippen LogP contribution in [0.1, 0.15) is 33.3 Å². The Kier molecular flexibility index (Phi) is 6.45. The fraction of sp³-hybridized carbons (Fsp3) is 0.647. The summed E-state index contributed by atoms with van der Waals surface area (Å²) in [5, 5.41) is 4.27. The maximum absolute atomic E-state index is 3.62. The number of hydrogen-bond acceptors (Lipinski definition) is 3. The first-order valence-electron chi connectivity index (χ1n) is 7.86. The average Bonchev–Trinajstić information content (AvgIpc) is 2.42. The van der Waals surface area contributed by atoms with Crippen LogP contribution in [0, 0.1) is 5.92 Å². The zero-order chi connectivity index (χ0) is 15.4. The van der Waals surface area contributed by atoms with Gasteiger partial charge in [0.05, 0.1) is 0 Å². The summed E-state index contributed by atoms with van der Waals surface area (Å²) in [5.41, 5.74) is 2.80. The summed E-state index contributed by atoms with van der Waals surface area (Å²) >= 11 is 5.71. The predicted octanol–water partition coefficient (Wildman–Crippen LogP) is 4.52. The molecule has 0 saturated carbocycles. The lowest BCUT2D eigenvalue weighted by atomic mass is 10.1. The van der Waals surface area contributed by atoms with Crippen LogP contribution in [0.5, 0.6) is 0 Å². The molecule has 0 aromatic heterocycles. The van der Waals surface area contributed by atoms with Crippen molar-refractivity contribution in [2.45, 2.75) is 45.5 Å². The van der Waals surface area contributed by atoms with E-state index in [9.17, 15) is 0 Å². The Bertz CT molecular complexity index is 464. The molecule has 1 N–H and O–H groups in total. The zero-order valence-corrected chi connectivity index (χ0v) is 15.9. The molecule has 0 amide bonds. The second-order valence-electron chi connectivity index (χ2n) is 6.31. The first-order valence-corrected chi connectivity index (χ1v) is 9.70. The highest BCUT2D eigenvalue weighted by molar-refractivity contribution is 9.10. The number of anilines is 1. The van der Waals surface area contributed by atoms with Crippen molar-refractivity contribution in [1.29, 1.82) is 0 Å². The van der Waals surface area contributed by atoms with Crippen LogP contribution in [0.2, 0.25) is 0 Å². The van der Waals surface area contributed by atoms with Crippen molar-refractivity contribution in [2.75, 3.05) is 23.7 Å². The van der Waals surface area contributed by atoms with Gasteiger partial charge in [0, 0.05) is 40.3 Å². The van der Waals surface area contributed by atoms with E-state index in [0.29, 0.717) is 17.2 Å². The lowest BCUT2D eigenvalue weighted by molar-refractivity contribution is 0.550. The molecule has 2 rings (SSSR count). The summed E-state index contributed by atoms with van der Waals surface area (Å²) in [5.74, 6) is 1.91. The summed E-state index contributed by atoms with van der Waals surface area (Å²) in [7, 11) is 0. The normalized spacial score (nSPS) is 22.9. The van der Waals surface area contributed by atoms with Crippen molar-refractivity contribution in [3.63, 3.8) is 0 Å². The minimum atomic E-state index is 0.591. The average molecular weight is 371 g/mol. The molecule has 2 unspecified atom stereocenters. The molecule has 1 aromatic carbocycles. The Morgan fingerprint density at radius 2 is 2.14 bits per heavy atom. The molecule has 4 heteroatoms. The van der Waals surface area contributed by atoms with E-state index in [1.54, 1.807) is 0 Å². The number of nitrogens with zero attached hydrogens (tertiary/aromatic N) is 1. The Balaban J connectivity index is 2.17. The van der Waals surface area contributed by atoms with Crippen molar-refractivity contribution in [3.8, 4) is 0 Å². The number of hydrogen-bond donors (Lipinski definition) is 1. The van der Waals surface area contributed by atoms with Crippen molar-refractivity contribution in [1.82, 2.24) is 5.32 Å². The molecular weight excluding hydrogens is 344 g/mol. The third-order valence-corrected chi connectivity index (χ3v) is 5.93. The molecule has 0 aliphatic carbocycles. The molecule has 1 aliphatic heterocycles. The van der Waals surface area contributed by atoms with Gasteiger partial charge in [-0.05, 0) is 43.1 Å². The van der Waals surface area contributed by atoms with E-state index >= 15 is 0 Å². The summed E-state index contributed by atoms with van der Waals surface area (Å²) in [6, 6.07) is 7.30. The van der Waals surface area contributed by atoms with Gasteiger partial charge in [0.15, 0.2) is 0 Å². The van der Waals surface area contributed by atoms with Gasteiger partial charge in [-0.15, -0.1) is 0 Å². The van der Waals surface area contributed by atoms with Crippen LogP contribution in [-0.2, 0) is 6.54 Å². The standard InChI is InChI=1S/C17H27BrN2S/c1-12(2)10-19-11-15-9-16(18)5-6-17(15)20-7-8-21-14(4)13(20)3/h5-6,9,12-14,19H,7-8,10-11H2,1-4H3. The van der Waals surface area contributed by atoms with Crippen molar-refractivity contribution in [2.24, 2.45) is 5.92 Å². The van der Waals surface area contributed by atoms with Crippen LogP contribution in [-0.4, -0.2) is 30.1 Å². The first kappa shape index (κ1) is 17.2. The number of thioether (sulfide) groups is 1. The largest absolute Gasteiger partial charge is 0.367 e. The fourth-order valence-corrected chi connectivity index (χ4v) is 4.25. The van der Waals surface area contributed by atoms with Crippen LogP contribution in [0.4, 0.5) is 5.69 Å². The van der Waals surface area contributed by atoms with Gasteiger partial charge >= 0.3 is 0 Å². The van der Waals surface area contributed by atoms with Gasteiger partial charge < -0.3 is 10.2 Å². The molecule has 118 valence electrons. The van der Waals surface area contributed by atoms with Crippen LogP contribution in [0.3, 0.4) is 0 Å². The highest BCUT2D eigenvalue weighted by atomic mass is 79.9. The molecule has 0 bridgehead atoms. The molecule has 1 fully saturated rings. The lowest BCUT2D eigenvalue weighted by Gasteiger charge is -2.40. The molecule has 0 spiro atoms. The second-order valence-corrected chi connectivity index (χ2v) is 8.71. The summed E-state index contributed by atoms with van der Waals surface area (Å²) in [6.45, 7) is 12.3. The van der Waals surface area contributed by atoms with Crippen LogP contribution in [0.15, 0.2) is 22.7 Å². The minimum absolute atomic E-state index is 0.591. The maximum atomic E-state index is 3.62. The highest BCUT2D eigenvalue weighted by Gasteiger charge is 2.26. The summed E-state index contributed by atoms with van der Waals surface area (Å²) in [6.07, 6.45) is 0. The number of halogens is 1. The van der Waals surface area contributed by atoms with Gasteiger partial charge in [-0.1, -0.05) is 36.7 Å². The number of nitrogens with one attached hydrogen (secondary N) is 1. The predicted molar refractivity (Wildman–Crippen MR) is 99.4 cm³/mol. The van der Waals surface area contributed by atoms with E-state index in [4.69, 9.17) is 0 Å². The van der Waals surface area contributed by atoms with Gasteiger partial charge in [0.25, 0.3) is 0 Å². The Morgan fingerprint density at radius 1 is 1.38 bits per heavy atom. The van der Waals surface area contributed by atoms with E-state index < -0.39 is 0 Å². The lowest BCUT2D eigenvalue weighted by Crippen LogP contribution is -2.45. The quantitative estimate of drug-likeness (QED) is 0.819. The molecular formula is C17H27BrN2S. The van der Waals surface area contributed by atoms with E-state index in [0.717, 1.165) is 19.6 Å². The molecule has 2 nitrogen and oxygen atoms in total.